The van der Waals surface area contributed by atoms with Crippen LogP contribution in [0.25, 0.3) is 0 Å². The van der Waals surface area contributed by atoms with Gasteiger partial charge >= 0.3 is 0 Å². The van der Waals surface area contributed by atoms with E-state index in [9.17, 15) is 12.8 Å². The van der Waals surface area contributed by atoms with Crippen molar-refractivity contribution in [2.24, 2.45) is 0 Å². The standard InChI is InChI=1S/C20H24FNO3S2/c1-3-25-19-9-8-16(14-15(19)2)27(23,24)22-11-10-20(26-13-12-22)17-6-4-5-7-18(17)21/h4-9,14,20H,3,10-13H2,1-2H3. The Labute approximate surface area is 164 Å². The van der Waals surface area contributed by atoms with Crippen molar-refractivity contribution >= 4 is 21.8 Å². The summed E-state index contributed by atoms with van der Waals surface area (Å²) in [7, 11) is -3.58. The van der Waals surface area contributed by atoms with E-state index in [2.05, 4.69) is 0 Å². The smallest absolute Gasteiger partial charge is 0.243 e. The number of benzene rings is 2. The highest BCUT2D eigenvalue weighted by Gasteiger charge is 2.29. The summed E-state index contributed by atoms with van der Waals surface area (Å²) in [6.07, 6.45) is 0.584. The van der Waals surface area contributed by atoms with E-state index in [1.807, 2.05) is 19.9 Å². The SMILES string of the molecule is CCOc1ccc(S(=O)(=O)N2CCSC(c3ccccc3F)CC2)cc1C. The van der Waals surface area contributed by atoms with E-state index in [1.54, 1.807) is 42.1 Å². The van der Waals surface area contributed by atoms with Crippen LogP contribution in [0.2, 0.25) is 0 Å². The molecular weight excluding hydrogens is 385 g/mol. The maximum absolute atomic E-state index is 14.1. The number of thioether (sulfide) groups is 1. The summed E-state index contributed by atoms with van der Waals surface area (Å²) in [6.45, 7) is 5.07. The van der Waals surface area contributed by atoms with Gasteiger partial charge in [0.05, 0.1) is 11.5 Å². The van der Waals surface area contributed by atoms with Crippen LogP contribution in [0.4, 0.5) is 4.39 Å². The summed E-state index contributed by atoms with van der Waals surface area (Å²) in [5.41, 5.74) is 1.45. The van der Waals surface area contributed by atoms with Gasteiger partial charge in [-0.2, -0.15) is 16.1 Å². The third-order valence-electron chi connectivity index (χ3n) is 4.64. The number of nitrogens with zero attached hydrogens (tertiary/aromatic N) is 1. The normalized spacial score (nSPS) is 18.9. The molecule has 2 aromatic rings. The monoisotopic (exact) mass is 409 g/mol. The molecule has 1 aliphatic heterocycles. The van der Waals surface area contributed by atoms with E-state index in [1.165, 1.54) is 10.4 Å². The minimum Gasteiger partial charge on any atom is -0.494 e. The molecule has 0 spiro atoms. The number of sulfonamides is 1. The molecule has 1 fully saturated rings. The Morgan fingerprint density at radius 3 is 2.70 bits per heavy atom. The van der Waals surface area contributed by atoms with Crippen LogP contribution in [-0.4, -0.2) is 38.2 Å². The topological polar surface area (TPSA) is 46.6 Å². The number of hydrogen-bond acceptors (Lipinski definition) is 4. The van der Waals surface area contributed by atoms with Crippen molar-refractivity contribution in [2.45, 2.75) is 30.4 Å². The van der Waals surface area contributed by atoms with Crippen molar-refractivity contribution < 1.29 is 17.5 Å². The van der Waals surface area contributed by atoms with Gasteiger partial charge in [-0.15, -0.1) is 0 Å². The molecule has 7 heteroatoms. The third-order valence-corrected chi connectivity index (χ3v) is 7.84. The van der Waals surface area contributed by atoms with E-state index in [0.29, 0.717) is 43.2 Å². The summed E-state index contributed by atoms with van der Waals surface area (Å²) >= 11 is 1.61. The van der Waals surface area contributed by atoms with Gasteiger partial charge in [0, 0.05) is 29.7 Å². The first kappa shape index (κ1) is 20.2. The van der Waals surface area contributed by atoms with Gasteiger partial charge in [0.15, 0.2) is 0 Å². The summed E-state index contributed by atoms with van der Waals surface area (Å²) in [6, 6.07) is 11.7. The summed E-state index contributed by atoms with van der Waals surface area (Å²) in [5.74, 6) is 1.10. The Kier molecular flexibility index (Phi) is 6.44. The van der Waals surface area contributed by atoms with Crippen LogP contribution in [0.1, 0.15) is 29.7 Å². The van der Waals surface area contributed by atoms with Gasteiger partial charge in [-0.25, -0.2) is 12.8 Å². The van der Waals surface area contributed by atoms with E-state index >= 15 is 0 Å². The largest absolute Gasteiger partial charge is 0.494 e. The molecule has 3 rings (SSSR count). The van der Waals surface area contributed by atoms with Gasteiger partial charge in [-0.1, -0.05) is 18.2 Å². The van der Waals surface area contributed by atoms with Crippen LogP contribution < -0.4 is 4.74 Å². The predicted octanol–water partition coefficient (Wildman–Crippen LogP) is 4.40. The van der Waals surface area contributed by atoms with Crippen LogP contribution in [0.15, 0.2) is 47.4 Å². The zero-order chi connectivity index (χ0) is 19.4. The molecular formula is C20H24FNO3S2. The van der Waals surface area contributed by atoms with Crippen LogP contribution in [0.5, 0.6) is 5.75 Å². The molecule has 1 saturated heterocycles. The molecule has 0 N–H and O–H groups in total. The van der Waals surface area contributed by atoms with Gasteiger partial charge in [-0.05, 0) is 50.1 Å². The quantitative estimate of drug-likeness (QED) is 0.734. The molecule has 1 aliphatic rings. The van der Waals surface area contributed by atoms with Crippen molar-refractivity contribution in [3.63, 3.8) is 0 Å². The number of ether oxygens (including phenoxy) is 1. The van der Waals surface area contributed by atoms with Crippen LogP contribution in [-0.2, 0) is 10.0 Å². The first-order chi connectivity index (χ1) is 12.9. The molecule has 0 saturated carbocycles. The highest BCUT2D eigenvalue weighted by molar-refractivity contribution is 7.99. The van der Waals surface area contributed by atoms with Crippen molar-refractivity contribution in [1.29, 1.82) is 0 Å². The number of halogens is 1. The molecule has 0 aliphatic carbocycles. The second-order valence-electron chi connectivity index (χ2n) is 6.43. The number of hydrogen-bond donors (Lipinski definition) is 0. The fourth-order valence-corrected chi connectivity index (χ4v) is 6.13. The molecule has 2 aromatic carbocycles. The summed E-state index contributed by atoms with van der Waals surface area (Å²) < 4.78 is 47.2. The molecule has 1 atom stereocenters. The van der Waals surface area contributed by atoms with Crippen molar-refractivity contribution in [3.8, 4) is 5.75 Å². The second-order valence-corrected chi connectivity index (χ2v) is 9.68. The lowest BCUT2D eigenvalue weighted by molar-refractivity contribution is 0.337. The van der Waals surface area contributed by atoms with E-state index in [-0.39, 0.29) is 16.0 Å². The lowest BCUT2D eigenvalue weighted by atomic mass is 10.1. The number of aryl methyl sites for hydroxylation is 1. The van der Waals surface area contributed by atoms with Gasteiger partial charge in [0.25, 0.3) is 0 Å². The summed E-state index contributed by atoms with van der Waals surface area (Å²) in [4.78, 5) is 0.276. The van der Waals surface area contributed by atoms with E-state index in [4.69, 9.17) is 4.74 Å². The highest BCUT2D eigenvalue weighted by Crippen LogP contribution is 2.37. The van der Waals surface area contributed by atoms with Crippen LogP contribution in [0, 0.1) is 12.7 Å². The zero-order valence-electron chi connectivity index (χ0n) is 15.5. The maximum atomic E-state index is 14.1. The molecule has 4 nitrogen and oxygen atoms in total. The molecule has 27 heavy (non-hydrogen) atoms. The summed E-state index contributed by atoms with van der Waals surface area (Å²) in [5, 5.41) is -0.0338. The minimum absolute atomic E-state index is 0.0338. The Morgan fingerprint density at radius 1 is 1.22 bits per heavy atom. The van der Waals surface area contributed by atoms with Gasteiger partial charge in [0.1, 0.15) is 11.6 Å². The molecule has 146 valence electrons. The van der Waals surface area contributed by atoms with Gasteiger partial charge in [-0.3, -0.25) is 0 Å². The average molecular weight is 410 g/mol. The van der Waals surface area contributed by atoms with Crippen molar-refractivity contribution in [1.82, 2.24) is 4.31 Å². The Balaban J connectivity index is 1.78. The molecule has 1 heterocycles. The lowest BCUT2D eigenvalue weighted by Crippen LogP contribution is -2.33. The van der Waals surface area contributed by atoms with E-state index in [0.717, 1.165) is 5.56 Å². The second kappa shape index (κ2) is 8.63. The van der Waals surface area contributed by atoms with E-state index < -0.39 is 10.0 Å². The van der Waals surface area contributed by atoms with Gasteiger partial charge < -0.3 is 4.74 Å². The maximum Gasteiger partial charge on any atom is 0.243 e. The Hall–Kier alpha value is -1.57. The highest BCUT2D eigenvalue weighted by atomic mass is 32.2. The minimum atomic E-state index is -3.58. The zero-order valence-corrected chi connectivity index (χ0v) is 17.2. The number of rotatable bonds is 5. The van der Waals surface area contributed by atoms with Crippen molar-refractivity contribution in [3.05, 3.63) is 59.4 Å². The Bertz CT molecular complexity index is 902. The Morgan fingerprint density at radius 2 is 2.00 bits per heavy atom. The van der Waals surface area contributed by atoms with Crippen molar-refractivity contribution in [2.75, 3.05) is 25.4 Å². The van der Waals surface area contributed by atoms with Gasteiger partial charge in [0.2, 0.25) is 10.0 Å². The fraction of sp³-hybridized carbons (Fsp3) is 0.400. The first-order valence-corrected chi connectivity index (χ1v) is 11.5. The molecule has 1 unspecified atom stereocenters. The lowest BCUT2D eigenvalue weighted by Gasteiger charge is -2.21. The van der Waals surface area contributed by atoms with Crippen LogP contribution in [0.3, 0.4) is 0 Å². The molecule has 0 bridgehead atoms. The fourth-order valence-electron chi connectivity index (χ4n) is 3.22. The third kappa shape index (κ3) is 4.47. The molecule has 0 aromatic heterocycles. The van der Waals surface area contributed by atoms with Crippen LogP contribution >= 0.6 is 11.8 Å². The molecule has 0 radical (unpaired) electrons. The molecule has 0 amide bonds. The average Bonchev–Trinajstić information content (AvgIpc) is 2.90. The predicted molar refractivity (Wildman–Crippen MR) is 107 cm³/mol. The first-order valence-electron chi connectivity index (χ1n) is 9.03.